The second-order valence-electron chi connectivity index (χ2n) is 5.66. The smallest absolute Gasteiger partial charge is 0.324 e. The van der Waals surface area contributed by atoms with Crippen molar-refractivity contribution in [3.05, 3.63) is 0 Å². The SMILES string of the molecule is O=C(O)CN1C(=O)NC(=O)[C@@H]2C1C1[C@@H]2C(=O)NC(=O)N1CC(=O)O. The molecule has 0 spiro atoms. The Kier molecular flexibility index (Phi) is 3.39. The third-order valence-corrected chi connectivity index (χ3v) is 4.39. The first-order valence-corrected chi connectivity index (χ1v) is 6.89. The predicted octanol–water partition coefficient (Wildman–Crippen LogP) is -2.76. The largest absolute Gasteiger partial charge is 0.480 e. The van der Waals surface area contributed by atoms with Gasteiger partial charge in [0.2, 0.25) is 11.8 Å². The molecule has 2 saturated heterocycles. The number of imide groups is 2. The van der Waals surface area contributed by atoms with E-state index in [4.69, 9.17) is 10.2 Å². The lowest BCUT2D eigenvalue weighted by atomic mass is 9.61. The van der Waals surface area contributed by atoms with Crippen molar-refractivity contribution in [3.8, 4) is 0 Å². The van der Waals surface area contributed by atoms with Crippen molar-refractivity contribution in [3.63, 3.8) is 0 Å². The van der Waals surface area contributed by atoms with E-state index < -0.39 is 72.8 Å². The summed E-state index contributed by atoms with van der Waals surface area (Å²) in [5.74, 6) is -6.30. The molecule has 3 rings (SSSR count). The molecule has 2 aliphatic heterocycles. The number of nitrogens with zero attached hydrogens (tertiary/aromatic N) is 2. The second-order valence-corrected chi connectivity index (χ2v) is 5.66. The zero-order valence-electron chi connectivity index (χ0n) is 12.0. The van der Waals surface area contributed by atoms with Crippen molar-refractivity contribution in [2.75, 3.05) is 13.1 Å². The minimum Gasteiger partial charge on any atom is -0.480 e. The van der Waals surface area contributed by atoms with Crippen LogP contribution in [0.25, 0.3) is 0 Å². The van der Waals surface area contributed by atoms with Gasteiger partial charge in [-0.2, -0.15) is 0 Å². The number of urea groups is 2. The van der Waals surface area contributed by atoms with Gasteiger partial charge >= 0.3 is 24.0 Å². The average Bonchev–Trinajstić information content (AvgIpc) is 2.40. The Morgan fingerprint density at radius 2 is 1.12 bits per heavy atom. The van der Waals surface area contributed by atoms with E-state index in [-0.39, 0.29) is 0 Å². The maximum absolute atomic E-state index is 12.0. The quantitative estimate of drug-likeness (QED) is 0.426. The first-order chi connectivity index (χ1) is 11.2. The topological polar surface area (TPSA) is 173 Å². The Labute approximate surface area is 133 Å². The number of carboxylic acid groups (broad SMARTS) is 2. The average molecular weight is 340 g/mol. The van der Waals surface area contributed by atoms with Crippen molar-refractivity contribution in [2.24, 2.45) is 11.8 Å². The molecule has 24 heavy (non-hydrogen) atoms. The van der Waals surface area contributed by atoms with Crippen LogP contribution in [0.15, 0.2) is 0 Å². The standard InChI is InChI=1S/C12H12N4O8/c17-3(18)1-15-7-5(9(21)13-11(15)23)6-8(7)16(2-4(19)20)12(24)14-10(6)22/h5-8H,1-2H2,(H,17,18)(H,19,20)(H,13,21,23)(H,14,22,24)/t5-,6+,7?,8?. The highest BCUT2D eigenvalue weighted by molar-refractivity contribution is 6.07. The minimum absolute atomic E-state index is 0.750. The van der Waals surface area contributed by atoms with Crippen LogP contribution in [-0.4, -0.2) is 81.0 Å². The Morgan fingerprint density at radius 3 is 1.42 bits per heavy atom. The molecule has 12 heteroatoms. The van der Waals surface area contributed by atoms with Crippen LogP contribution in [0.3, 0.4) is 0 Å². The summed E-state index contributed by atoms with van der Waals surface area (Å²) in [5, 5.41) is 21.8. The Bertz CT molecular complexity index is 601. The molecule has 4 N–H and O–H groups in total. The number of aliphatic carboxylic acids is 2. The van der Waals surface area contributed by atoms with Gasteiger partial charge in [-0.15, -0.1) is 0 Å². The summed E-state index contributed by atoms with van der Waals surface area (Å²) >= 11 is 0. The van der Waals surface area contributed by atoms with Gasteiger partial charge in [0.05, 0.1) is 23.9 Å². The molecule has 6 amide bonds. The molecule has 128 valence electrons. The number of carbonyl (C=O) groups excluding carboxylic acids is 4. The molecular formula is C12H12N4O8. The lowest BCUT2D eigenvalue weighted by Gasteiger charge is -2.60. The third-order valence-electron chi connectivity index (χ3n) is 4.39. The summed E-state index contributed by atoms with van der Waals surface area (Å²) in [5.41, 5.74) is 0. The van der Waals surface area contributed by atoms with Crippen LogP contribution in [0.5, 0.6) is 0 Å². The Balaban J connectivity index is 1.98. The lowest BCUT2D eigenvalue weighted by molar-refractivity contribution is -0.167. The molecule has 1 saturated carbocycles. The zero-order valence-corrected chi connectivity index (χ0v) is 12.0. The fourth-order valence-electron chi connectivity index (χ4n) is 3.53. The van der Waals surface area contributed by atoms with E-state index in [1.54, 1.807) is 0 Å². The van der Waals surface area contributed by atoms with E-state index in [1.165, 1.54) is 0 Å². The molecule has 3 fully saturated rings. The van der Waals surface area contributed by atoms with Gasteiger partial charge in [-0.05, 0) is 0 Å². The first-order valence-electron chi connectivity index (χ1n) is 6.89. The fraction of sp³-hybridized carbons (Fsp3) is 0.500. The number of nitrogens with one attached hydrogen (secondary N) is 2. The van der Waals surface area contributed by atoms with Crippen LogP contribution >= 0.6 is 0 Å². The summed E-state index contributed by atoms with van der Waals surface area (Å²) in [6.07, 6.45) is 0. The number of carbonyl (C=O) groups is 6. The van der Waals surface area contributed by atoms with E-state index in [0.29, 0.717) is 0 Å². The van der Waals surface area contributed by atoms with Crippen LogP contribution < -0.4 is 10.6 Å². The maximum Gasteiger partial charge on any atom is 0.324 e. The van der Waals surface area contributed by atoms with Gasteiger partial charge in [-0.25, -0.2) is 9.59 Å². The van der Waals surface area contributed by atoms with Gasteiger partial charge in [0.15, 0.2) is 0 Å². The minimum atomic E-state index is -1.35. The van der Waals surface area contributed by atoms with Gasteiger partial charge in [-0.1, -0.05) is 0 Å². The summed E-state index contributed by atoms with van der Waals surface area (Å²) in [6, 6.07) is -4.06. The molecule has 0 bridgehead atoms. The summed E-state index contributed by atoms with van der Waals surface area (Å²) in [6.45, 7) is -1.50. The molecule has 4 atom stereocenters. The van der Waals surface area contributed by atoms with Crippen molar-refractivity contribution >= 4 is 35.8 Å². The van der Waals surface area contributed by atoms with Crippen molar-refractivity contribution in [2.45, 2.75) is 12.1 Å². The molecular weight excluding hydrogens is 328 g/mol. The molecule has 0 aromatic heterocycles. The lowest BCUT2D eigenvalue weighted by Crippen LogP contribution is -2.83. The molecule has 0 radical (unpaired) electrons. The molecule has 12 nitrogen and oxygen atoms in total. The molecule has 0 aromatic carbocycles. The normalized spacial score (nSPS) is 31.5. The number of hydrogen-bond donors (Lipinski definition) is 4. The van der Waals surface area contributed by atoms with Gasteiger partial charge in [0.1, 0.15) is 13.1 Å². The molecule has 0 aromatic rings. The van der Waals surface area contributed by atoms with E-state index in [1.807, 2.05) is 10.6 Å². The van der Waals surface area contributed by atoms with Crippen molar-refractivity contribution in [1.82, 2.24) is 20.4 Å². The van der Waals surface area contributed by atoms with Gasteiger partial charge in [0.25, 0.3) is 0 Å². The van der Waals surface area contributed by atoms with Crippen LogP contribution in [0, 0.1) is 11.8 Å². The maximum atomic E-state index is 12.0. The summed E-state index contributed by atoms with van der Waals surface area (Å²) < 4.78 is 0. The Morgan fingerprint density at radius 1 is 0.792 bits per heavy atom. The second kappa shape index (κ2) is 5.18. The third kappa shape index (κ3) is 2.14. The molecule has 1 aliphatic carbocycles. The monoisotopic (exact) mass is 340 g/mol. The highest BCUT2D eigenvalue weighted by Gasteiger charge is 2.67. The number of amides is 6. The van der Waals surface area contributed by atoms with E-state index in [9.17, 15) is 28.8 Å². The van der Waals surface area contributed by atoms with Crippen LogP contribution in [0.1, 0.15) is 0 Å². The van der Waals surface area contributed by atoms with Crippen molar-refractivity contribution < 1.29 is 39.0 Å². The molecule has 3 aliphatic rings. The number of rotatable bonds is 4. The van der Waals surface area contributed by atoms with Crippen LogP contribution in [0.2, 0.25) is 0 Å². The highest BCUT2D eigenvalue weighted by atomic mass is 16.4. The van der Waals surface area contributed by atoms with Gasteiger partial charge < -0.3 is 20.0 Å². The van der Waals surface area contributed by atoms with E-state index in [2.05, 4.69) is 0 Å². The van der Waals surface area contributed by atoms with Crippen LogP contribution in [0.4, 0.5) is 9.59 Å². The highest BCUT2D eigenvalue weighted by Crippen LogP contribution is 2.45. The van der Waals surface area contributed by atoms with E-state index >= 15 is 0 Å². The Hall–Kier alpha value is -3.18. The van der Waals surface area contributed by atoms with Crippen molar-refractivity contribution in [1.29, 1.82) is 0 Å². The molecule has 2 heterocycles. The van der Waals surface area contributed by atoms with Gasteiger partial charge in [-0.3, -0.25) is 29.8 Å². The summed E-state index contributed by atoms with van der Waals surface area (Å²) in [4.78, 5) is 71.4. The van der Waals surface area contributed by atoms with E-state index in [0.717, 1.165) is 9.80 Å². The molecule has 2 unspecified atom stereocenters. The number of hydrogen-bond acceptors (Lipinski definition) is 6. The number of fused-ring (bicyclic) bond motifs is 4. The summed E-state index contributed by atoms with van der Waals surface area (Å²) in [7, 11) is 0. The van der Waals surface area contributed by atoms with Crippen LogP contribution in [-0.2, 0) is 19.2 Å². The van der Waals surface area contributed by atoms with Gasteiger partial charge in [0, 0.05) is 0 Å². The fourth-order valence-corrected chi connectivity index (χ4v) is 3.53. The predicted molar refractivity (Wildman–Crippen MR) is 70.3 cm³/mol. The number of carboxylic acids is 2. The zero-order chi connectivity index (χ0) is 17.8. The first kappa shape index (κ1) is 15.7.